The highest BCUT2D eigenvalue weighted by Gasteiger charge is 2.35. The van der Waals surface area contributed by atoms with Crippen molar-refractivity contribution in [1.29, 1.82) is 0 Å². The van der Waals surface area contributed by atoms with E-state index in [-0.39, 0.29) is 0 Å². The molecule has 0 radical (unpaired) electrons. The highest BCUT2D eigenvalue weighted by atomic mass is 16.5. The summed E-state index contributed by atoms with van der Waals surface area (Å²) >= 11 is 0. The molecule has 2 aliphatic heterocycles. The van der Waals surface area contributed by atoms with Gasteiger partial charge < -0.3 is 9.47 Å². The Morgan fingerprint density at radius 1 is 0.537 bits per heavy atom. The van der Waals surface area contributed by atoms with Gasteiger partial charge in [-0.15, -0.1) is 0 Å². The predicted molar refractivity (Wildman–Crippen MR) is 167 cm³/mol. The summed E-state index contributed by atoms with van der Waals surface area (Å²) in [6, 6.07) is 25.0. The summed E-state index contributed by atoms with van der Waals surface area (Å²) in [5.41, 5.74) is 9.04. The molecule has 7 rings (SSSR count). The second-order valence-corrected chi connectivity index (χ2v) is 12.3. The van der Waals surface area contributed by atoms with E-state index in [1.807, 2.05) is 0 Å². The minimum absolute atomic E-state index is 0.604. The molecule has 0 spiro atoms. The van der Waals surface area contributed by atoms with E-state index in [1.54, 1.807) is 0 Å². The number of fused-ring (bicyclic) bond motifs is 2. The number of ether oxygens (including phenoxy) is 2. The Morgan fingerprint density at radius 3 is 1.66 bits per heavy atom. The van der Waals surface area contributed by atoms with Crippen LogP contribution in [0.25, 0.3) is 0 Å². The average molecular weight is 551 g/mol. The van der Waals surface area contributed by atoms with E-state index in [4.69, 9.17) is 9.47 Å². The molecule has 41 heavy (non-hydrogen) atoms. The van der Waals surface area contributed by atoms with Gasteiger partial charge in [-0.05, 0) is 74.9 Å². The van der Waals surface area contributed by atoms with Crippen LogP contribution in [0.3, 0.4) is 0 Å². The molecule has 0 bridgehead atoms. The number of benzene rings is 3. The van der Waals surface area contributed by atoms with Crippen LogP contribution >= 0.6 is 0 Å². The molecule has 2 heterocycles. The van der Waals surface area contributed by atoms with Crippen LogP contribution in [-0.4, -0.2) is 46.1 Å². The zero-order chi connectivity index (χ0) is 28.2. The summed E-state index contributed by atoms with van der Waals surface area (Å²) in [4.78, 5) is 0. The highest BCUT2D eigenvalue weighted by molar-refractivity contribution is 6.11. The van der Waals surface area contributed by atoms with Crippen LogP contribution < -0.4 is 9.47 Å². The molecule has 0 aromatic heterocycles. The Morgan fingerprint density at radius 2 is 1.05 bits per heavy atom. The van der Waals surface area contributed by atoms with Crippen molar-refractivity contribution in [2.75, 3.05) is 13.5 Å². The van der Waals surface area contributed by atoms with Gasteiger partial charge in [-0.3, -0.25) is 0 Å². The number of para-hydroxylation sites is 2. The van der Waals surface area contributed by atoms with E-state index in [0.717, 1.165) is 18.2 Å². The van der Waals surface area contributed by atoms with Gasteiger partial charge in [0.2, 0.25) is 5.71 Å². The lowest BCUT2D eigenvalue weighted by Gasteiger charge is -2.27. The molecule has 4 nitrogen and oxygen atoms in total. The van der Waals surface area contributed by atoms with Crippen molar-refractivity contribution in [2.45, 2.75) is 97.1 Å². The third kappa shape index (κ3) is 5.84. The molecular formula is C37H46N2O2+2. The Kier molecular flexibility index (Phi) is 8.55. The Labute approximate surface area is 246 Å². The molecule has 0 unspecified atom stereocenters. The molecular weight excluding hydrogens is 504 g/mol. The van der Waals surface area contributed by atoms with Gasteiger partial charge in [-0.2, -0.15) is 9.15 Å². The van der Waals surface area contributed by atoms with Gasteiger partial charge in [0, 0.05) is 38.2 Å². The van der Waals surface area contributed by atoms with Crippen LogP contribution in [-0.2, 0) is 0 Å². The monoisotopic (exact) mass is 550 g/mol. The van der Waals surface area contributed by atoms with Crippen molar-refractivity contribution in [1.82, 2.24) is 0 Å². The molecule has 2 saturated carbocycles. The molecule has 0 atom stereocenters. The molecule has 4 heteroatoms. The summed E-state index contributed by atoms with van der Waals surface area (Å²) in [6.07, 6.45) is 13.4. The maximum absolute atomic E-state index is 6.18. The second kappa shape index (κ2) is 12.6. The standard InChI is InChI=1S/C21H24NO.C16H22NO/c1-16-9-8-14-19-20(17-10-4-2-5-11-17)22(15-23-21(16)19)18-12-6-3-7-13-18;1-12-7-6-10-15-13(2)17(11-18-16(12)15)14-8-4-3-5-9-14/h2,4-5,8-11,14,18H,3,6-7,12-13,15H2,1H3;6-7,10,14H,3-5,8-9,11H2,1-2H3/q2*+1. The largest absolute Gasteiger partial charge is 0.435 e. The van der Waals surface area contributed by atoms with Crippen molar-refractivity contribution in [3.05, 3.63) is 94.5 Å². The molecule has 4 aliphatic rings. The highest BCUT2D eigenvalue weighted by Crippen LogP contribution is 2.32. The third-order valence-corrected chi connectivity index (χ3v) is 9.56. The predicted octanol–water partition coefficient (Wildman–Crippen LogP) is 8.03. The van der Waals surface area contributed by atoms with Gasteiger partial charge in [0.1, 0.15) is 11.5 Å². The smallest absolute Gasteiger partial charge is 0.287 e. The van der Waals surface area contributed by atoms with Gasteiger partial charge in [-0.25, -0.2) is 0 Å². The fraction of sp³-hybridized carbons (Fsp3) is 0.459. The number of rotatable bonds is 3. The summed E-state index contributed by atoms with van der Waals surface area (Å²) in [7, 11) is 0. The lowest BCUT2D eigenvalue weighted by atomic mass is 9.92. The second-order valence-electron chi connectivity index (χ2n) is 12.3. The zero-order valence-corrected chi connectivity index (χ0v) is 25.2. The first kappa shape index (κ1) is 27.8. The van der Waals surface area contributed by atoms with Gasteiger partial charge in [0.15, 0.2) is 17.8 Å². The summed E-state index contributed by atoms with van der Waals surface area (Å²) in [5, 5.41) is 0. The van der Waals surface area contributed by atoms with E-state index < -0.39 is 0 Å². The van der Waals surface area contributed by atoms with Crippen LogP contribution in [0.4, 0.5) is 0 Å². The van der Waals surface area contributed by atoms with Crippen LogP contribution in [0.1, 0.15) is 98.9 Å². The van der Waals surface area contributed by atoms with Crippen molar-refractivity contribution in [3.63, 3.8) is 0 Å². The molecule has 3 aromatic rings. The fourth-order valence-corrected chi connectivity index (χ4v) is 7.27. The minimum atomic E-state index is 0.604. The van der Waals surface area contributed by atoms with Gasteiger partial charge in [0.05, 0.1) is 11.1 Å². The van der Waals surface area contributed by atoms with E-state index >= 15 is 0 Å². The van der Waals surface area contributed by atoms with Crippen LogP contribution in [0.15, 0.2) is 66.7 Å². The normalized spacial score (nSPS) is 19.4. The van der Waals surface area contributed by atoms with Crippen molar-refractivity contribution >= 4 is 11.4 Å². The van der Waals surface area contributed by atoms with E-state index in [0.29, 0.717) is 18.8 Å². The Balaban J connectivity index is 0.000000152. The van der Waals surface area contributed by atoms with Gasteiger partial charge in [0.25, 0.3) is 13.5 Å². The summed E-state index contributed by atoms with van der Waals surface area (Å²) < 4.78 is 17.2. The van der Waals surface area contributed by atoms with E-state index in [9.17, 15) is 0 Å². The molecule has 0 saturated heterocycles. The quantitative estimate of drug-likeness (QED) is 0.308. The average Bonchev–Trinajstić information content (AvgIpc) is 3.03. The van der Waals surface area contributed by atoms with Crippen molar-refractivity contribution in [2.24, 2.45) is 0 Å². The minimum Gasteiger partial charge on any atom is -0.435 e. The SMILES string of the molecule is CC1=[N+](C2CCCCC2)COc2c(C)cccc21.Cc1cccc2c1OC[N+](C1CCCCC1)=C2c1ccccc1. The first-order valence-electron chi connectivity index (χ1n) is 15.9. The zero-order valence-electron chi connectivity index (χ0n) is 25.2. The number of hydrogen-bond donors (Lipinski definition) is 0. The molecule has 2 fully saturated rings. The lowest BCUT2D eigenvalue weighted by Crippen LogP contribution is -2.40. The van der Waals surface area contributed by atoms with Gasteiger partial charge >= 0.3 is 0 Å². The van der Waals surface area contributed by atoms with Crippen LogP contribution in [0.2, 0.25) is 0 Å². The Bertz CT molecular complexity index is 1430. The summed E-state index contributed by atoms with van der Waals surface area (Å²) in [6.45, 7) is 7.91. The van der Waals surface area contributed by atoms with Crippen molar-refractivity contribution < 1.29 is 18.6 Å². The third-order valence-electron chi connectivity index (χ3n) is 9.56. The van der Waals surface area contributed by atoms with E-state index in [1.165, 1.54) is 103 Å². The fourth-order valence-electron chi connectivity index (χ4n) is 7.27. The molecule has 0 N–H and O–H groups in total. The summed E-state index contributed by atoms with van der Waals surface area (Å²) in [5.74, 6) is 2.14. The molecule has 2 aliphatic carbocycles. The number of aryl methyl sites for hydroxylation is 2. The Hall–Kier alpha value is -3.40. The molecule has 214 valence electrons. The van der Waals surface area contributed by atoms with Crippen LogP contribution in [0, 0.1) is 13.8 Å². The molecule has 3 aromatic carbocycles. The lowest BCUT2D eigenvalue weighted by molar-refractivity contribution is -0.598. The maximum atomic E-state index is 6.18. The molecule has 0 amide bonds. The number of nitrogens with zero attached hydrogens (tertiary/aromatic N) is 2. The first-order chi connectivity index (χ1) is 20.1. The van der Waals surface area contributed by atoms with Gasteiger partial charge in [-0.1, -0.05) is 55.3 Å². The topological polar surface area (TPSA) is 24.5 Å². The van der Waals surface area contributed by atoms with Crippen LogP contribution in [0.5, 0.6) is 11.5 Å². The van der Waals surface area contributed by atoms with E-state index in [2.05, 4.69) is 96.7 Å². The number of hydrogen-bond acceptors (Lipinski definition) is 2. The maximum Gasteiger partial charge on any atom is 0.287 e. The van der Waals surface area contributed by atoms with Crippen molar-refractivity contribution in [3.8, 4) is 11.5 Å². The first-order valence-corrected chi connectivity index (χ1v) is 15.9.